The highest BCUT2D eigenvalue weighted by molar-refractivity contribution is 6.35. The van der Waals surface area contributed by atoms with E-state index < -0.39 is 23.8 Å². The first-order valence-electron chi connectivity index (χ1n) is 9.02. The van der Waals surface area contributed by atoms with E-state index in [0.29, 0.717) is 16.5 Å². The highest BCUT2D eigenvalue weighted by Gasteiger charge is 2.53. The molecule has 1 fully saturated rings. The van der Waals surface area contributed by atoms with Crippen molar-refractivity contribution in [3.8, 4) is 0 Å². The van der Waals surface area contributed by atoms with Gasteiger partial charge in [0.1, 0.15) is 5.60 Å². The smallest absolute Gasteiger partial charge is 0.262 e. The number of aromatic nitrogens is 1. The normalized spacial score (nSPS) is 31.2. The molecule has 1 amide bonds. The van der Waals surface area contributed by atoms with Crippen molar-refractivity contribution in [2.24, 2.45) is 0 Å². The maximum Gasteiger partial charge on any atom is 0.262 e. The molecule has 0 saturated heterocycles. The number of carbonyl (C=O) groups is 1. The topological polar surface area (TPSA) is 82.5 Å². The Hall–Kier alpha value is -1.73. The summed E-state index contributed by atoms with van der Waals surface area (Å²) in [5, 5.41) is 23.9. The van der Waals surface area contributed by atoms with E-state index in [1.165, 1.54) is 18.3 Å². The van der Waals surface area contributed by atoms with Gasteiger partial charge >= 0.3 is 0 Å². The largest absolute Gasteiger partial charge is 0.393 e. The maximum atomic E-state index is 15.8. The van der Waals surface area contributed by atoms with Crippen molar-refractivity contribution in [2.75, 3.05) is 6.61 Å². The number of pyridine rings is 1. The molecule has 5 nitrogen and oxygen atoms in total. The van der Waals surface area contributed by atoms with E-state index in [1.807, 2.05) is 6.07 Å². The molecule has 2 unspecified atom stereocenters. The predicted molar refractivity (Wildman–Crippen MR) is 103 cm³/mol. The number of alkyl halides is 1. The molecular formula is C20H19Cl2FN2O3. The third kappa shape index (κ3) is 3.18. The van der Waals surface area contributed by atoms with Gasteiger partial charge in [0, 0.05) is 33.8 Å². The number of halogens is 3. The maximum absolute atomic E-state index is 15.8. The Balaban J connectivity index is 1.55. The number of nitrogens with one attached hydrogen (secondary N) is 1. The van der Waals surface area contributed by atoms with Gasteiger partial charge in [0.15, 0.2) is 0 Å². The molecule has 8 heteroatoms. The Morgan fingerprint density at radius 2 is 2.11 bits per heavy atom. The summed E-state index contributed by atoms with van der Waals surface area (Å²) in [6.07, 6.45) is 1.72. The number of aliphatic hydroxyl groups excluding tert-OH is 1. The molecule has 2 aromatic rings. The molecule has 4 atom stereocenters. The van der Waals surface area contributed by atoms with E-state index in [0.717, 1.165) is 5.56 Å². The molecule has 2 aliphatic rings. The zero-order chi connectivity index (χ0) is 20.1. The van der Waals surface area contributed by atoms with Crippen molar-refractivity contribution in [2.45, 2.75) is 42.5 Å². The van der Waals surface area contributed by atoms with Crippen LogP contribution in [-0.2, 0) is 16.1 Å². The number of amides is 1. The zero-order valence-electron chi connectivity index (χ0n) is 14.8. The fourth-order valence-corrected chi connectivity index (χ4v) is 4.45. The van der Waals surface area contributed by atoms with Crippen molar-refractivity contribution in [1.82, 2.24) is 10.3 Å². The number of nitrogens with zero attached hydrogens (tertiary/aromatic N) is 1. The Morgan fingerprint density at radius 3 is 2.82 bits per heavy atom. The van der Waals surface area contributed by atoms with Crippen LogP contribution >= 0.6 is 23.2 Å². The fourth-order valence-electron chi connectivity index (χ4n) is 3.90. The average Bonchev–Trinajstić information content (AvgIpc) is 3.44. The van der Waals surface area contributed by atoms with Gasteiger partial charge in [-0.15, -0.1) is 0 Å². The van der Waals surface area contributed by atoms with E-state index in [1.54, 1.807) is 12.1 Å². The molecule has 1 aromatic carbocycles. The number of hydrogen-bond donors (Lipinski definition) is 3. The van der Waals surface area contributed by atoms with Crippen LogP contribution in [0.25, 0.3) is 0 Å². The Morgan fingerprint density at radius 1 is 1.32 bits per heavy atom. The van der Waals surface area contributed by atoms with Gasteiger partial charge in [0.2, 0.25) is 5.67 Å². The molecule has 1 saturated carbocycles. The van der Waals surface area contributed by atoms with E-state index >= 15 is 4.39 Å². The Bertz CT molecular complexity index is 943. The third-order valence-corrected chi connectivity index (χ3v) is 6.21. The second kappa shape index (κ2) is 6.95. The summed E-state index contributed by atoms with van der Waals surface area (Å²) < 4.78 is 15.8. The molecule has 0 aliphatic heterocycles. The molecule has 0 radical (unpaired) electrons. The lowest BCUT2D eigenvalue weighted by Gasteiger charge is -2.38. The van der Waals surface area contributed by atoms with Crippen molar-refractivity contribution < 1.29 is 19.4 Å². The fraction of sp³-hybridized carbons (Fsp3) is 0.400. The van der Waals surface area contributed by atoms with Crippen LogP contribution in [-0.4, -0.2) is 33.8 Å². The Kier molecular flexibility index (Phi) is 4.86. The minimum Gasteiger partial charge on any atom is -0.393 e. The summed E-state index contributed by atoms with van der Waals surface area (Å²) >= 11 is 12.1. The summed E-state index contributed by atoms with van der Waals surface area (Å²) in [5.74, 6) is -0.761. The van der Waals surface area contributed by atoms with Crippen LogP contribution < -0.4 is 5.32 Å². The number of fused-ring (bicyclic) bond motifs is 1. The van der Waals surface area contributed by atoms with E-state index in [-0.39, 0.29) is 36.1 Å². The van der Waals surface area contributed by atoms with Gasteiger partial charge in [-0.3, -0.25) is 9.78 Å². The molecule has 1 heterocycles. The van der Waals surface area contributed by atoms with Gasteiger partial charge in [0.25, 0.3) is 5.91 Å². The first-order chi connectivity index (χ1) is 13.3. The van der Waals surface area contributed by atoms with Crippen molar-refractivity contribution in [3.63, 3.8) is 0 Å². The molecular weight excluding hydrogens is 406 g/mol. The van der Waals surface area contributed by atoms with Gasteiger partial charge in [-0.2, -0.15) is 0 Å². The SMILES string of the molecule is O=C(N[C@@H]1C[C@H]1c1ccc(Cl)cc1Cl)C1(F)CCC(O)(CO)c2ncccc21. The number of benzene rings is 1. The lowest BCUT2D eigenvalue weighted by Crippen LogP contribution is -2.49. The molecule has 4 rings (SSSR count). The van der Waals surface area contributed by atoms with Crippen LogP contribution in [0, 0.1) is 0 Å². The molecule has 28 heavy (non-hydrogen) atoms. The van der Waals surface area contributed by atoms with Crippen molar-refractivity contribution in [3.05, 3.63) is 63.4 Å². The van der Waals surface area contributed by atoms with E-state index in [9.17, 15) is 15.0 Å². The number of carbonyl (C=O) groups excluding carboxylic acids is 1. The molecule has 148 valence electrons. The van der Waals surface area contributed by atoms with Gasteiger partial charge in [-0.25, -0.2) is 4.39 Å². The number of rotatable bonds is 4. The van der Waals surface area contributed by atoms with Crippen molar-refractivity contribution in [1.29, 1.82) is 0 Å². The summed E-state index contributed by atoms with van der Waals surface area (Å²) in [5.41, 5.74) is -3.09. The highest BCUT2D eigenvalue weighted by Crippen LogP contribution is 2.48. The summed E-state index contributed by atoms with van der Waals surface area (Å²) in [7, 11) is 0. The number of aliphatic hydroxyl groups is 2. The first kappa shape index (κ1) is 19.6. The lowest BCUT2D eigenvalue weighted by molar-refractivity contribution is -0.138. The minimum absolute atomic E-state index is 0.00275. The summed E-state index contributed by atoms with van der Waals surface area (Å²) in [6, 6.07) is 7.91. The summed E-state index contributed by atoms with van der Waals surface area (Å²) in [6.45, 7) is -0.589. The average molecular weight is 425 g/mol. The van der Waals surface area contributed by atoms with Gasteiger partial charge in [-0.1, -0.05) is 35.3 Å². The van der Waals surface area contributed by atoms with Crippen LogP contribution in [0.2, 0.25) is 10.0 Å². The van der Waals surface area contributed by atoms with Crippen LogP contribution in [0.4, 0.5) is 4.39 Å². The second-order valence-electron chi connectivity index (χ2n) is 7.48. The molecule has 2 aliphatic carbocycles. The molecule has 0 bridgehead atoms. The second-order valence-corrected chi connectivity index (χ2v) is 8.32. The standard InChI is InChI=1S/C20H19Cl2FN2O3/c21-11-3-4-12(15(22)8-11)13-9-16(13)25-18(27)20(23)6-5-19(28,10-26)17-14(20)2-1-7-24-17/h1-4,7-8,13,16,26,28H,5-6,9-10H2,(H,25,27)/t13-,16+,19?,20?/m0/s1. The van der Waals surface area contributed by atoms with Crippen molar-refractivity contribution >= 4 is 29.1 Å². The van der Waals surface area contributed by atoms with Gasteiger partial charge in [-0.05, 0) is 43.0 Å². The van der Waals surface area contributed by atoms with Crippen LogP contribution in [0.1, 0.15) is 42.0 Å². The van der Waals surface area contributed by atoms with Crippen LogP contribution in [0.5, 0.6) is 0 Å². The van der Waals surface area contributed by atoms with Gasteiger partial charge < -0.3 is 15.5 Å². The first-order valence-corrected chi connectivity index (χ1v) is 9.78. The quantitative estimate of drug-likeness (QED) is 0.703. The van der Waals surface area contributed by atoms with Gasteiger partial charge in [0.05, 0.1) is 12.3 Å². The van der Waals surface area contributed by atoms with E-state index in [2.05, 4.69) is 10.3 Å². The lowest BCUT2D eigenvalue weighted by atomic mass is 9.74. The molecule has 1 aromatic heterocycles. The monoisotopic (exact) mass is 424 g/mol. The minimum atomic E-state index is -2.32. The predicted octanol–water partition coefficient (Wildman–Crippen LogP) is 3.20. The molecule has 3 N–H and O–H groups in total. The van der Waals surface area contributed by atoms with Crippen LogP contribution in [0.15, 0.2) is 36.5 Å². The summed E-state index contributed by atoms with van der Waals surface area (Å²) in [4.78, 5) is 16.9. The van der Waals surface area contributed by atoms with E-state index in [4.69, 9.17) is 23.2 Å². The highest BCUT2D eigenvalue weighted by atomic mass is 35.5. The Labute approximate surface area is 171 Å². The van der Waals surface area contributed by atoms with Crippen LogP contribution in [0.3, 0.4) is 0 Å². The number of hydrogen-bond acceptors (Lipinski definition) is 4. The molecule has 0 spiro atoms. The third-order valence-electron chi connectivity index (χ3n) is 5.65. The zero-order valence-corrected chi connectivity index (χ0v) is 16.3.